The maximum Gasteiger partial charge on any atom is 0.260 e. The summed E-state index contributed by atoms with van der Waals surface area (Å²) in [4.78, 5) is 29.9. The molecule has 4 heteroatoms. The quantitative estimate of drug-likeness (QED) is 0.358. The van der Waals surface area contributed by atoms with Crippen molar-refractivity contribution in [1.29, 1.82) is 0 Å². The van der Waals surface area contributed by atoms with Crippen molar-refractivity contribution in [1.82, 2.24) is 4.98 Å². The number of benzene rings is 2. The first-order chi connectivity index (χ1) is 13.5. The summed E-state index contributed by atoms with van der Waals surface area (Å²) in [7, 11) is 0. The summed E-state index contributed by atoms with van der Waals surface area (Å²) in [5, 5.41) is 2.86. The number of pyridine rings is 1. The van der Waals surface area contributed by atoms with E-state index in [2.05, 4.69) is 4.98 Å². The third-order valence-electron chi connectivity index (χ3n) is 4.77. The zero-order valence-corrected chi connectivity index (χ0v) is 16.5. The molecule has 2 heterocycles. The predicted molar refractivity (Wildman–Crippen MR) is 117 cm³/mol. The van der Waals surface area contributed by atoms with Crippen LogP contribution in [-0.4, -0.2) is 10.8 Å². The van der Waals surface area contributed by atoms with Gasteiger partial charge in [-0.05, 0) is 60.7 Å². The van der Waals surface area contributed by atoms with E-state index in [1.165, 1.54) is 6.08 Å². The number of carbonyl (C=O) groups excluding carboxylic acids is 1. The van der Waals surface area contributed by atoms with Crippen molar-refractivity contribution in [2.45, 2.75) is 13.8 Å². The number of aryl methyl sites for hydroxylation is 2. The molecule has 0 spiro atoms. The van der Waals surface area contributed by atoms with Gasteiger partial charge in [0.1, 0.15) is 0 Å². The van der Waals surface area contributed by atoms with Crippen molar-refractivity contribution in [3.8, 4) is 11.1 Å². The van der Waals surface area contributed by atoms with Crippen molar-refractivity contribution in [2.24, 2.45) is 0 Å². The third-order valence-corrected chi connectivity index (χ3v) is 5.75. The highest BCUT2D eigenvalue weighted by Crippen LogP contribution is 2.30. The molecule has 138 valence electrons. The van der Waals surface area contributed by atoms with E-state index in [0.29, 0.717) is 5.56 Å². The highest BCUT2D eigenvalue weighted by atomic mass is 32.1. The van der Waals surface area contributed by atoms with E-state index in [-0.39, 0.29) is 16.9 Å². The molecule has 0 aliphatic carbocycles. The number of H-pyrrole nitrogens is 1. The summed E-state index contributed by atoms with van der Waals surface area (Å²) in [5.41, 5.74) is 4.25. The Morgan fingerprint density at radius 3 is 2.54 bits per heavy atom. The van der Waals surface area contributed by atoms with Crippen molar-refractivity contribution in [2.75, 3.05) is 0 Å². The fraction of sp³-hybridized carbons (Fsp3) is 0.0833. The number of hydrogen-bond donors (Lipinski definition) is 1. The Balaban J connectivity index is 1.96. The average molecular weight is 385 g/mol. The van der Waals surface area contributed by atoms with E-state index < -0.39 is 0 Å². The molecule has 0 saturated heterocycles. The van der Waals surface area contributed by atoms with Crippen molar-refractivity contribution in [3.05, 3.63) is 98.0 Å². The predicted octanol–water partition coefficient (Wildman–Crippen LogP) is 5.77. The Kier molecular flexibility index (Phi) is 4.80. The van der Waals surface area contributed by atoms with Gasteiger partial charge in [0.2, 0.25) is 0 Å². The summed E-state index contributed by atoms with van der Waals surface area (Å²) in [5.74, 6) is -0.295. The maximum atomic E-state index is 13.1. The van der Waals surface area contributed by atoms with Crippen LogP contribution in [0.15, 0.2) is 70.8 Å². The lowest BCUT2D eigenvalue weighted by molar-refractivity contribution is 0.104. The van der Waals surface area contributed by atoms with Crippen LogP contribution in [0.1, 0.15) is 26.4 Å². The Morgan fingerprint density at radius 2 is 1.82 bits per heavy atom. The van der Waals surface area contributed by atoms with E-state index in [4.69, 9.17) is 0 Å². The summed E-state index contributed by atoms with van der Waals surface area (Å²) in [6.07, 6.45) is 3.29. The molecule has 0 atom stereocenters. The van der Waals surface area contributed by atoms with Crippen LogP contribution in [0, 0.1) is 13.8 Å². The molecule has 4 rings (SSSR count). The number of rotatable bonds is 4. The first-order valence-electron chi connectivity index (χ1n) is 9.03. The van der Waals surface area contributed by atoms with Gasteiger partial charge in [-0.2, -0.15) is 0 Å². The summed E-state index contributed by atoms with van der Waals surface area (Å²) < 4.78 is 0. The lowest BCUT2D eigenvalue weighted by Gasteiger charge is -2.12. The zero-order chi connectivity index (χ0) is 19.7. The highest BCUT2D eigenvalue weighted by Gasteiger charge is 2.19. The smallest absolute Gasteiger partial charge is 0.260 e. The Bertz CT molecular complexity index is 1260. The van der Waals surface area contributed by atoms with Crippen molar-refractivity contribution < 1.29 is 4.79 Å². The van der Waals surface area contributed by atoms with Crippen LogP contribution in [-0.2, 0) is 0 Å². The topological polar surface area (TPSA) is 49.9 Å². The monoisotopic (exact) mass is 385 g/mol. The van der Waals surface area contributed by atoms with Gasteiger partial charge in [0.05, 0.1) is 5.56 Å². The molecule has 0 fully saturated rings. The second kappa shape index (κ2) is 7.41. The lowest BCUT2D eigenvalue weighted by Crippen LogP contribution is -2.18. The molecule has 0 aliphatic rings. The Morgan fingerprint density at radius 1 is 1.04 bits per heavy atom. The van der Waals surface area contributed by atoms with Crippen LogP contribution in [0.4, 0.5) is 0 Å². The normalized spacial score (nSPS) is 11.4. The molecule has 0 radical (unpaired) electrons. The van der Waals surface area contributed by atoms with Crippen LogP contribution >= 0.6 is 11.3 Å². The van der Waals surface area contributed by atoms with E-state index >= 15 is 0 Å². The van der Waals surface area contributed by atoms with Crippen molar-refractivity contribution in [3.63, 3.8) is 0 Å². The van der Waals surface area contributed by atoms with E-state index in [1.807, 2.05) is 73.8 Å². The van der Waals surface area contributed by atoms with Crippen LogP contribution < -0.4 is 5.56 Å². The molecule has 4 aromatic rings. The van der Waals surface area contributed by atoms with Gasteiger partial charge in [0.25, 0.3) is 5.56 Å². The number of hydrogen-bond acceptors (Lipinski definition) is 3. The number of ketones is 1. The molecular weight excluding hydrogens is 366 g/mol. The minimum atomic E-state index is -0.368. The highest BCUT2D eigenvalue weighted by molar-refractivity contribution is 7.11. The molecule has 0 bridgehead atoms. The van der Waals surface area contributed by atoms with Gasteiger partial charge in [-0.15, -0.1) is 11.3 Å². The summed E-state index contributed by atoms with van der Waals surface area (Å²) in [6.45, 7) is 4.00. The SMILES string of the molecule is Cc1ccc2[nH]c(=O)c(C(=O)/C=C/c3sccc3C)c(-c3ccccc3)c2c1. The van der Waals surface area contributed by atoms with Gasteiger partial charge in [0, 0.05) is 21.3 Å². The number of aromatic nitrogens is 1. The van der Waals surface area contributed by atoms with E-state index in [0.717, 1.165) is 32.5 Å². The number of carbonyl (C=O) groups is 1. The molecular formula is C24H19NO2S. The standard InChI is InChI=1S/C24H19NO2S/c1-15-8-9-19-18(14-15)22(17-6-4-3-5-7-17)23(24(27)25-19)20(26)10-11-21-16(2)12-13-28-21/h3-14H,1-2H3,(H,25,27)/b11-10+. The molecule has 0 aliphatic heterocycles. The third kappa shape index (κ3) is 3.35. The fourth-order valence-corrected chi connectivity index (χ4v) is 4.16. The first-order valence-corrected chi connectivity index (χ1v) is 9.91. The molecule has 1 N–H and O–H groups in total. The van der Waals surface area contributed by atoms with Gasteiger partial charge in [0.15, 0.2) is 5.78 Å². The number of aromatic amines is 1. The molecule has 2 aromatic carbocycles. The largest absolute Gasteiger partial charge is 0.321 e. The van der Waals surface area contributed by atoms with Crippen LogP contribution in [0.25, 0.3) is 28.1 Å². The van der Waals surface area contributed by atoms with E-state index in [9.17, 15) is 9.59 Å². The molecule has 2 aromatic heterocycles. The first kappa shape index (κ1) is 18.1. The van der Waals surface area contributed by atoms with Gasteiger partial charge in [-0.25, -0.2) is 0 Å². The van der Waals surface area contributed by atoms with Crippen LogP contribution in [0.5, 0.6) is 0 Å². The summed E-state index contributed by atoms with van der Waals surface area (Å²) in [6, 6.07) is 17.5. The molecule has 0 saturated carbocycles. The van der Waals surface area contributed by atoms with Gasteiger partial charge in [-0.1, -0.05) is 42.0 Å². The number of fused-ring (bicyclic) bond motifs is 1. The molecule has 0 unspecified atom stereocenters. The maximum absolute atomic E-state index is 13.1. The fourth-order valence-electron chi connectivity index (χ4n) is 3.34. The van der Waals surface area contributed by atoms with Gasteiger partial charge >= 0.3 is 0 Å². The molecule has 0 amide bonds. The van der Waals surface area contributed by atoms with Gasteiger partial charge in [-0.3, -0.25) is 9.59 Å². The van der Waals surface area contributed by atoms with Gasteiger partial charge < -0.3 is 4.98 Å². The number of allylic oxidation sites excluding steroid dienone is 1. The minimum Gasteiger partial charge on any atom is -0.321 e. The minimum absolute atomic E-state index is 0.176. The molecule has 28 heavy (non-hydrogen) atoms. The Hall–Kier alpha value is -3.24. The second-order valence-electron chi connectivity index (χ2n) is 6.78. The number of thiophene rings is 1. The zero-order valence-electron chi connectivity index (χ0n) is 15.7. The van der Waals surface area contributed by atoms with E-state index in [1.54, 1.807) is 17.4 Å². The Labute approximate surface area is 167 Å². The molecule has 3 nitrogen and oxygen atoms in total. The van der Waals surface area contributed by atoms with Crippen LogP contribution in [0.2, 0.25) is 0 Å². The van der Waals surface area contributed by atoms with Crippen LogP contribution in [0.3, 0.4) is 0 Å². The lowest BCUT2D eigenvalue weighted by atomic mass is 9.93. The second-order valence-corrected chi connectivity index (χ2v) is 7.73. The summed E-state index contributed by atoms with van der Waals surface area (Å²) >= 11 is 1.57. The number of nitrogens with one attached hydrogen (secondary N) is 1. The van der Waals surface area contributed by atoms with Crippen molar-refractivity contribution >= 4 is 34.1 Å². The average Bonchev–Trinajstić information content (AvgIpc) is 3.11.